The van der Waals surface area contributed by atoms with Crippen LogP contribution in [0, 0.1) is 12.8 Å². The Labute approximate surface area is 117 Å². The van der Waals surface area contributed by atoms with E-state index in [2.05, 4.69) is 16.5 Å². The van der Waals surface area contributed by atoms with E-state index in [1.165, 1.54) is 4.88 Å². The molecule has 2 rings (SSSR count). The number of carbonyl (C=O) groups is 1. The first-order valence-corrected chi connectivity index (χ1v) is 7.33. The highest BCUT2D eigenvalue weighted by atomic mass is 32.1. The van der Waals surface area contributed by atoms with Gasteiger partial charge in [-0.25, -0.2) is 0 Å². The third-order valence-electron chi connectivity index (χ3n) is 3.09. The van der Waals surface area contributed by atoms with E-state index in [1.54, 1.807) is 17.5 Å². The van der Waals surface area contributed by atoms with E-state index in [1.807, 2.05) is 36.0 Å². The molecule has 1 atom stereocenters. The highest BCUT2D eigenvalue weighted by Gasteiger charge is 2.13. The Balaban J connectivity index is 1.73. The molecule has 0 radical (unpaired) electrons. The largest absolute Gasteiger partial charge is 0.354 e. The monoisotopic (exact) mass is 277 g/mol. The maximum Gasteiger partial charge on any atom is 0.223 e. The van der Waals surface area contributed by atoms with Gasteiger partial charge in [-0.3, -0.25) is 9.48 Å². The Hall–Kier alpha value is -1.62. The number of nitrogens with one attached hydrogen (secondary N) is 1. The number of hydrogen-bond acceptors (Lipinski definition) is 3. The van der Waals surface area contributed by atoms with Crippen molar-refractivity contribution in [2.45, 2.75) is 26.8 Å². The summed E-state index contributed by atoms with van der Waals surface area (Å²) in [4.78, 5) is 13.2. The third kappa shape index (κ3) is 3.92. The summed E-state index contributed by atoms with van der Waals surface area (Å²) < 4.78 is 1.89. The van der Waals surface area contributed by atoms with E-state index in [-0.39, 0.29) is 11.8 Å². The van der Waals surface area contributed by atoms with Gasteiger partial charge in [0.25, 0.3) is 0 Å². The van der Waals surface area contributed by atoms with Gasteiger partial charge in [-0.05, 0) is 30.9 Å². The zero-order valence-electron chi connectivity index (χ0n) is 11.3. The van der Waals surface area contributed by atoms with Gasteiger partial charge in [0.15, 0.2) is 0 Å². The van der Waals surface area contributed by atoms with Crippen LogP contribution in [0.4, 0.5) is 0 Å². The maximum atomic E-state index is 11.9. The lowest BCUT2D eigenvalue weighted by molar-refractivity contribution is -0.124. The highest BCUT2D eigenvalue weighted by Crippen LogP contribution is 2.14. The molecule has 0 unspecified atom stereocenters. The molecule has 5 heteroatoms. The Kier molecular flexibility index (Phi) is 4.74. The molecule has 4 nitrogen and oxygen atoms in total. The molecule has 0 aromatic carbocycles. The molecule has 2 aromatic rings. The summed E-state index contributed by atoms with van der Waals surface area (Å²) >= 11 is 1.70. The lowest BCUT2D eigenvalue weighted by Gasteiger charge is -2.11. The second-order valence-electron chi connectivity index (χ2n) is 4.67. The zero-order chi connectivity index (χ0) is 13.7. The number of rotatable bonds is 6. The van der Waals surface area contributed by atoms with Crippen LogP contribution >= 0.6 is 11.3 Å². The van der Waals surface area contributed by atoms with Crippen molar-refractivity contribution in [2.75, 3.05) is 6.54 Å². The van der Waals surface area contributed by atoms with E-state index < -0.39 is 0 Å². The number of carbonyl (C=O) groups excluding carboxylic acids is 1. The predicted octanol–water partition coefficient (Wildman–Crippen LogP) is 2.25. The maximum absolute atomic E-state index is 11.9. The molecule has 0 spiro atoms. The number of aryl methyl sites for hydroxylation is 1. The van der Waals surface area contributed by atoms with Gasteiger partial charge in [-0.2, -0.15) is 5.10 Å². The summed E-state index contributed by atoms with van der Waals surface area (Å²) in [5.74, 6) is 0.121. The smallest absolute Gasteiger partial charge is 0.223 e. The van der Waals surface area contributed by atoms with Crippen molar-refractivity contribution in [2.24, 2.45) is 5.92 Å². The molecular formula is C14H19N3OS. The average Bonchev–Trinajstić information content (AvgIpc) is 3.02. The minimum atomic E-state index is 0.0115. The lowest BCUT2D eigenvalue weighted by Crippen LogP contribution is -2.33. The Bertz CT molecular complexity index is 519. The predicted molar refractivity (Wildman–Crippen MR) is 77.2 cm³/mol. The van der Waals surface area contributed by atoms with E-state index in [4.69, 9.17) is 0 Å². The molecular weight excluding hydrogens is 258 g/mol. The fourth-order valence-electron chi connectivity index (χ4n) is 1.92. The average molecular weight is 277 g/mol. The van der Waals surface area contributed by atoms with Crippen LogP contribution in [-0.4, -0.2) is 22.2 Å². The quantitative estimate of drug-likeness (QED) is 0.880. The van der Waals surface area contributed by atoms with Crippen molar-refractivity contribution in [1.29, 1.82) is 0 Å². The fourth-order valence-corrected chi connectivity index (χ4v) is 2.75. The normalized spacial score (nSPS) is 12.3. The number of aromatic nitrogens is 2. The number of nitrogens with zero attached hydrogens (tertiary/aromatic N) is 2. The van der Waals surface area contributed by atoms with Crippen LogP contribution in [-0.2, 0) is 17.8 Å². The number of amides is 1. The Morgan fingerprint density at radius 1 is 1.53 bits per heavy atom. The van der Waals surface area contributed by atoms with Gasteiger partial charge in [0.05, 0.1) is 6.54 Å². The van der Waals surface area contributed by atoms with E-state index in [0.717, 1.165) is 18.7 Å². The molecule has 102 valence electrons. The van der Waals surface area contributed by atoms with Crippen LogP contribution in [0.25, 0.3) is 0 Å². The van der Waals surface area contributed by atoms with Crippen LogP contribution < -0.4 is 5.32 Å². The molecule has 2 heterocycles. The summed E-state index contributed by atoms with van der Waals surface area (Å²) in [7, 11) is 0. The topological polar surface area (TPSA) is 46.9 Å². The van der Waals surface area contributed by atoms with Crippen molar-refractivity contribution >= 4 is 17.2 Å². The molecule has 0 aliphatic carbocycles. The van der Waals surface area contributed by atoms with E-state index >= 15 is 0 Å². The zero-order valence-corrected chi connectivity index (χ0v) is 12.1. The molecule has 0 fully saturated rings. The summed E-state index contributed by atoms with van der Waals surface area (Å²) in [6.45, 7) is 5.31. The van der Waals surface area contributed by atoms with Crippen LogP contribution in [0.3, 0.4) is 0 Å². The fraction of sp³-hybridized carbons (Fsp3) is 0.429. The van der Waals surface area contributed by atoms with Gasteiger partial charge in [-0.15, -0.1) is 11.3 Å². The Morgan fingerprint density at radius 3 is 3.00 bits per heavy atom. The second kappa shape index (κ2) is 6.52. The van der Waals surface area contributed by atoms with Gasteiger partial charge in [-0.1, -0.05) is 13.0 Å². The number of thiophene rings is 1. The molecule has 1 amide bonds. The number of hydrogen-bond donors (Lipinski definition) is 1. The van der Waals surface area contributed by atoms with Crippen LogP contribution in [0.1, 0.15) is 17.5 Å². The van der Waals surface area contributed by atoms with Gasteiger partial charge in [0.2, 0.25) is 5.91 Å². The molecule has 1 N–H and O–H groups in total. The standard InChI is InChI=1S/C14H19N3OS/c1-11(10-13-4-3-9-19-13)14(18)15-7-8-17-12(2)5-6-16-17/h3-6,9,11H,7-8,10H2,1-2H3,(H,15,18)/t11-/m1/s1. The molecule has 0 saturated carbocycles. The minimum Gasteiger partial charge on any atom is -0.354 e. The SMILES string of the molecule is Cc1ccnn1CCNC(=O)[C@H](C)Cc1cccs1. The molecule has 2 aromatic heterocycles. The Morgan fingerprint density at radius 2 is 2.37 bits per heavy atom. The van der Waals surface area contributed by atoms with Crippen LogP contribution in [0.15, 0.2) is 29.8 Å². The lowest BCUT2D eigenvalue weighted by atomic mass is 10.1. The first-order valence-electron chi connectivity index (χ1n) is 6.45. The summed E-state index contributed by atoms with van der Waals surface area (Å²) in [5.41, 5.74) is 1.11. The molecule has 0 aliphatic rings. The van der Waals surface area contributed by atoms with Gasteiger partial charge >= 0.3 is 0 Å². The summed E-state index contributed by atoms with van der Waals surface area (Å²) in [6, 6.07) is 6.05. The van der Waals surface area contributed by atoms with Gasteiger partial charge < -0.3 is 5.32 Å². The van der Waals surface area contributed by atoms with E-state index in [9.17, 15) is 4.79 Å². The molecule has 0 aliphatic heterocycles. The van der Waals surface area contributed by atoms with Crippen molar-refractivity contribution in [1.82, 2.24) is 15.1 Å². The summed E-state index contributed by atoms with van der Waals surface area (Å²) in [6.07, 6.45) is 2.58. The van der Waals surface area contributed by atoms with Crippen LogP contribution in [0.2, 0.25) is 0 Å². The highest BCUT2D eigenvalue weighted by molar-refractivity contribution is 7.09. The molecule has 0 saturated heterocycles. The molecule has 0 bridgehead atoms. The summed E-state index contributed by atoms with van der Waals surface area (Å²) in [5, 5.41) is 9.19. The van der Waals surface area contributed by atoms with Crippen molar-refractivity contribution in [3.63, 3.8) is 0 Å². The van der Waals surface area contributed by atoms with Gasteiger partial charge in [0.1, 0.15) is 0 Å². The van der Waals surface area contributed by atoms with Crippen LogP contribution in [0.5, 0.6) is 0 Å². The second-order valence-corrected chi connectivity index (χ2v) is 5.70. The molecule has 19 heavy (non-hydrogen) atoms. The first-order chi connectivity index (χ1) is 9.16. The van der Waals surface area contributed by atoms with Crippen molar-refractivity contribution < 1.29 is 4.79 Å². The van der Waals surface area contributed by atoms with Gasteiger partial charge in [0, 0.05) is 29.2 Å². The van der Waals surface area contributed by atoms with Crippen molar-refractivity contribution in [3.8, 4) is 0 Å². The van der Waals surface area contributed by atoms with Crippen molar-refractivity contribution in [3.05, 3.63) is 40.3 Å². The third-order valence-corrected chi connectivity index (χ3v) is 3.99. The first kappa shape index (κ1) is 13.8. The minimum absolute atomic E-state index is 0.0115. The van der Waals surface area contributed by atoms with E-state index in [0.29, 0.717) is 6.54 Å².